The standard InChI is InChI=1S/C21H28N6O2/c1-2-23-18-5-9-24-20(25-18)26-10-6-21(7-11-26)12-17(28)14-27(15-21)19(29)16-4-3-8-22-13-16/h3-5,8-9,13,17,28H,2,6-7,10-12,14-15H2,1H3,(H,23,24,25). The summed E-state index contributed by atoms with van der Waals surface area (Å²) in [5, 5.41) is 13.7. The molecule has 2 saturated heterocycles. The molecule has 0 saturated carbocycles. The van der Waals surface area contributed by atoms with Crippen molar-refractivity contribution >= 4 is 17.7 Å². The SMILES string of the molecule is CCNc1ccnc(N2CCC3(CC2)CC(O)CN(C(=O)c2cccnc2)C3)n1. The fraction of sp³-hybridized carbons (Fsp3) is 0.524. The Bertz CT molecular complexity index is 838. The van der Waals surface area contributed by atoms with E-state index in [4.69, 9.17) is 0 Å². The molecule has 0 aliphatic carbocycles. The zero-order valence-electron chi connectivity index (χ0n) is 16.8. The predicted molar refractivity (Wildman–Crippen MR) is 111 cm³/mol. The first-order chi connectivity index (χ1) is 14.1. The van der Waals surface area contributed by atoms with Gasteiger partial charge in [-0.05, 0) is 49.8 Å². The van der Waals surface area contributed by atoms with E-state index in [-0.39, 0.29) is 11.3 Å². The first kappa shape index (κ1) is 19.6. The Hall–Kier alpha value is -2.74. The van der Waals surface area contributed by atoms with E-state index in [2.05, 4.69) is 25.2 Å². The maximum atomic E-state index is 12.9. The molecule has 0 bridgehead atoms. The zero-order chi connectivity index (χ0) is 20.3. The molecular weight excluding hydrogens is 368 g/mol. The minimum absolute atomic E-state index is 0.0553. The van der Waals surface area contributed by atoms with Crippen molar-refractivity contribution in [2.45, 2.75) is 32.3 Å². The summed E-state index contributed by atoms with van der Waals surface area (Å²) in [4.78, 5) is 30.0. The number of aliphatic hydroxyl groups excluding tert-OH is 1. The van der Waals surface area contributed by atoms with Crippen LogP contribution in [0.4, 0.5) is 11.8 Å². The number of likely N-dealkylation sites (tertiary alicyclic amines) is 1. The maximum Gasteiger partial charge on any atom is 0.255 e. The van der Waals surface area contributed by atoms with Gasteiger partial charge in [-0.1, -0.05) is 0 Å². The topological polar surface area (TPSA) is 94.5 Å². The Morgan fingerprint density at radius 3 is 2.86 bits per heavy atom. The fourth-order valence-electron chi connectivity index (χ4n) is 4.50. The molecule has 2 fully saturated rings. The maximum absolute atomic E-state index is 12.9. The third kappa shape index (κ3) is 4.32. The molecule has 4 rings (SSSR count). The summed E-state index contributed by atoms with van der Waals surface area (Å²) in [7, 11) is 0. The number of anilines is 2. The van der Waals surface area contributed by atoms with Crippen LogP contribution in [0, 0.1) is 5.41 Å². The molecule has 1 atom stereocenters. The highest BCUT2D eigenvalue weighted by atomic mass is 16.3. The molecule has 0 radical (unpaired) electrons. The normalized spacial score (nSPS) is 21.2. The lowest BCUT2D eigenvalue weighted by Gasteiger charge is -2.49. The van der Waals surface area contributed by atoms with Gasteiger partial charge in [-0.25, -0.2) is 4.98 Å². The minimum atomic E-state index is -0.496. The second kappa shape index (κ2) is 8.32. The number of piperidine rings is 2. The molecule has 2 aliphatic rings. The van der Waals surface area contributed by atoms with Crippen LogP contribution in [0.2, 0.25) is 0 Å². The van der Waals surface area contributed by atoms with Crippen LogP contribution in [-0.2, 0) is 0 Å². The lowest BCUT2D eigenvalue weighted by molar-refractivity contribution is -0.0151. The zero-order valence-corrected chi connectivity index (χ0v) is 16.8. The highest BCUT2D eigenvalue weighted by Gasteiger charge is 2.43. The quantitative estimate of drug-likeness (QED) is 0.814. The van der Waals surface area contributed by atoms with E-state index < -0.39 is 6.10 Å². The van der Waals surface area contributed by atoms with Gasteiger partial charge in [-0.2, -0.15) is 4.98 Å². The summed E-state index contributed by atoms with van der Waals surface area (Å²) >= 11 is 0. The van der Waals surface area contributed by atoms with Crippen molar-refractivity contribution in [2.75, 3.05) is 42.9 Å². The number of rotatable bonds is 4. The van der Waals surface area contributed by atoms with E-state index in [0.29, 0.717) is 18.7 Å². The summed E-state index contributed by atoms with van der Waals surface area (Å²) in [5.74, 6) is 1.51. The molecule has 8 heteroatoms. The van der Waals surface area contributed by atoms with Gasteiger partial charge in [0.05, 0.1) is 11.7 Å². The third-order valence-electron chi connectivity index (χ3n) is 5.93. The highest BCUT2D eigenvalue weighted by molar-refractivity contribution is 5.94. The second-order valence-electron chi connectivity index (χ2n) is 8.04. The van der Waals surface area contributed by atoms with E-state index in [1.54, 1.807) is 35.6 Å². The van der Waals surface area contributed by atoms with Crippen molar-refractivity contribution in [3.8, 4) is 0 Å². The van der Waals surface area contributed by atoms with Gasteiger partial charge in [-0.15, -0.1) is 0 Å². The number of amides is 1. The van der Waals surface area contributed by atoms with E-state index in [9.17, 15) is 9.90 Å². The van der Waals surface area contributed by atoms with Crippen molar-refractivity contribution in [2.24, 2.45) is 5.41 Å². The molecule has 2 aromatic rings. The second-order valence-corrected chi connectivity index (χ2v) is 8.04. The van der Waals surface area contributed by atoms with Gasteiger partial charge in [0, 0.05) is 51.3 Å². The molecule has 2 N–H and O–H groups in total. The number of carbonyl (C=O) groups excluding carboxylic acids is 1. The van der Waals surface area contributed by atoms with Gasteiger partial charge in [0.25, 0.3) is 5.91 Å². The molecular formula is C21H28N6O2. The van der Waals surface area contributed by atoms with Crippen LogP contribution in [0.15, 0.2) is 36.8 Å². The molecule has 1 amide bonds. The molecule has 4 heterocycles. The molecule has 154 valence electrons. The van der Waals surface area contributed by atoms with Gasteiger partial charge in [-0.3, -0.25) is 9.78 Å². The number of aliphatic hydroxyl groups is 1. The van der Waals surface area contributed by atoms with Gasteiger partial charge in [0.1, 0.15) is 5.82 Å². The molecule has 29 heavy (non-hydrogen) atoms. The first-order valence-corrected chi connectivity index (χ1v) is 10.3. The molecule has 8 nitrogen and oxygen atoms in total. The fourth-order valence-corrected chi connectivity index (χ4v) is 4.50. The first-order valence-electron chi connectivity index (χ1n) is 10.3. The van der Waals surface area contributed by atoms with E-state index >= 15 is 0 Å². The Morgan fingerprint density at radius 2 is 2.14 bits per heavy atom. The lowest BCUT2D eigenvalue weighted by atomic mass is 9.71. The summed E-state index contributed by atoms with van der Waals surface area (Å²) in [6, 6.07) is 5.42. The van der Waals surface area contributed by atoms with Gasteiger partial charge >= 0.3 is 0 Å². The number of pyridine rings is 1. The van der Waals surface area contributed by atoms with Gasteiger partial charge < -0.3 is 20.2 Å². The van der Waals surface area contributed by atoms with E-state index in [1.807, 2.05) is 13.0 Å². The summed E-state index contributed by atoms with van der Waals surface area (Å²) < 4.78 is 0. The van der Waals surface area contributed by atoms with Crippen molar-refractivity contribution in [1.29, 1.82) is 0 Å². The van der Waals surface area contributed by atoms with Crippen LogP contribution in [0.5, 0.6) is 0 Å². The van der Waals surface area contributed by atoms with Crippen LogP contribution in [0.1, 0.15) is 36.5 Å². The van der Waals surface area contributed by atoms with Crippen molar-refractivity contribution in [3.05, 3.63) is 42.4 Å². The molecule has 2 aromatic heterocycles. The van der Waals surface area contributed by atoms with Crippen LogP contribution in [-0.4, -0.2) is 69.7 Å². The monoisotopic (exact) mass is 396 g/mol. The summed E-state index contributed by atoms with van der Waals surface area (Å²) in [5.41, 5.74) is 0.508. The third-order valence-corrected chi connectivity index (χ3v) is 5.93. The molecule has 0 aromatic carbocycles. The average molecular weight is 396 g/mol. The number of β-amino-alcohol motifs (C(OH)–C–C–N with tert-alkyl or cyclic N) is 1. The number of aromatic nitrogens is 3. The average Bonchev–Trinajstić information content (AvgIpc) is 2.74. The summed E-state index contributed by atoms with van der Waals surface area (Å²) in [6.45, 7) is 5.54. The molecule has 1 spiro atoms. The highest BCUT2D eigenvalue weighted by Crippen LogP contribution is 2.41. The summed E-state index contributed by atoms with van der Waals surface area (Å²) in [6.07, 6.45) is 7.06. The Morgan fingerprint density at radius 1 is 1.31 bits per heavy atom. The van der Waals surface area contributed by atoms with E-state index in [1.165, 1.54) is 0 Å². The van der Waals surface area contributed by atoms with Crippen LogP contribution in [0.3, 0.4) is 0 Å². The lowest BCUT2D eigenvalue weighted by Crippen LogP contribution is -2.55. The smallest absolute Gasteiger partial charge is 0.255 e. The Kier molecular flexibility index (Phi) is 5.62. The molecule has 1 unspecified atom stereocenters. The number of nitrogens with one attached hydrogen (secondary N) is 1. The van der Waals surface area contributed by atoms with Crippen molar-refractivity contribution < 1.29 is 9.90 Å². The van der Waals surface area contributed by atoms with E-state index in [0.717, 1.165) is 50.7 Å². The van der Waals surface area contributed by atoms with Crippen LogP contribution in [0.25, 0.3) is 0 Å². The predicted octanol–water partition coefficient (Wildman–Crippen LogP) is 1.80. The number of hydrogen-bond donors (Lipinski definition) is 2. The van der Waals surface area contributed by atoms with Crippen molar-refractivity contribution in [3.63, 3.8) is 0 Å². The van der Waals surface area contributed by atoms with Crippen LogP contribution < -0.4 is 10.2 Å². The van der Waals surface area contributed by atoms with Crippen molar-refractivity contribution in [1.82, 2.24) is 19.9 Å². The number of hydrogen-bond acceptors (Lipinski definition) is 7. The Labute approximate surface area is 171 Å². The Balaban J connectivity index is 1.44. The largest absolute Gasteiger partial charge is 0.391 e. The number of nitrogens with zero attached hydrogens (tertiary/aromatic N) is 5. The van der Waals surface area contributed by atoms with Crippen LogP contribution >= 0.6 is 0 Å². The van der Waals surface area contributed by atoms with Gasteiger partial charge in [0.15, 0.2) is 0 Å². The number of carbonyl (C=O) groups is 1. The minimum Gasteiger partial charge on any atom is -0.391 e. The van der Waals surface area contributed by atoms with Gasteiger partial charge in [0.2, 0.25) is 5.95 Å². The molecule has 2 aliphatic heterocycles.